The predicted octanol–water partition coefficient (Wildman–Crippen LogP) is 2.44. The van der Waals surface area contributed by atoms with Crippen LogP contribution in [0.15, 0.2) is 27.6 Å². The molecular weight excluding hydrogens is 410 g/mol. The number of rotatable bonds is 8. The van der Waals surface area contributed by atoms with Crippen LogP contribution in [0, 0.1) is 6.92 Å². The normalized spacial score (nSPS) is 12.3. The highest BCUT2D eigenvalue weighted by Crippen LogP contribution is 2.24. The van der Waals surface area contributed by atoms with Crippen molar-refractivity contribution >= 4 is 37.9 Å². The van der Waals surface area contributed by atoms with Crippen LogP contribution < -0.4 is 15.4 Å². The molecule has 0 aliphatic rings. The van der Waals surface area contributed by atoms with Crippen LogP contribution in [0.5, 0.6) is 0 Å². The Hall–Kier alpha value is -1.61. The van der Waals surface area contributed by atoms with Gasteiger partial charge < -0.3 is 10.6 Å². The molecule has 25 heavy (non-hydrogen) atoms. The first-order valence-corrected chi connectivity index (χ1v) is 10.4. The first-order valence-electron chi connectivity index (χ1n) is 8.09. The van der Waals surface area contributed by atoms with Gasteiger partial charge in [-0.1, -0.05) is 32.4 Å². The van der Waals surface area contributed by atoms with Crippen molar-refractivity contribution in [2.24, 2.45) is 0 Å². The van der Waals surface area contributed by atoms with Crippen molar-refractivity contribution in [3.05, 3.63) is 28.2 Å². The summed E-state index contributed by atoms with van der Waals surface area (Å²) in [5.41, 5.74) is 0.499. The Balaban J connectivity index is 2.78. The van der Waals surface area contributed by atoms with Crippen LogP contribution >= 0.6 is 15.9 Å². The maximum atomic E-state index is 12.4. The standard InChI is InChI=1S/C16H24BrN3O4S/c1-4-6-10-18-15(21)13(5-2)19-16(22)20-25(23,24)14-11(3)8-7-9-12(14)17/h7-9,13H,4-6,10H2,1-3H3,(H,18,21)(H2,19,20,22)/t13-/m1/s1. The highest BCUT2D eigenvalue weighted by molar-refractivity contribution is 9.10. The van der Waals surface area contributed by atoms with E-state index in [9.17, 15) is 18.0 Å². The lowest BCUT2D eigenvalue weighted by molar-refractivity contribution is -0.122. The van der Waals surface area contributed by atoms with Crippen LogP contribution in [0.3, 0.4) is 0 Å². The van der Waals surface area contributed by atoms with E-state index in [0.29, 0.717) is 23.0 Å². The van der Waals surface area contributed by atoms with E-state index in [1.807, 2.05) is 11.6 Å². The summed E-state index contributed by atoms with van der Waals surface area (Å²) in [6, 6.07) is 3.18. The summed E-state index contributed by atoms with van der Waals surface area (Å²) >= 11 is 3.18. The van der Waals surface area contributed by atoms with Crippen molar-refractivity contribution in [2.75, 3.05) is 6.54 Å². The zero-order chi connectivity index (χ0) is 19.0. The van der Waals surface area contributed by atoms with Gasteiger partial charge in [-0.2, -0.15) is 0 Å². The Labute approximate surface area is 157 Å². The summed E-state index contributed by atoms with van der Waals surface area (Å²) in [6.07, 6.45) is 2.12. The van der Waals surface area contributed by atoms with Gasteiger partial charge in [-0.15, -0.1) is 0 Å². The van der Waals surface area contributed by atoms with Crippen LogP contribution in [0.4, 0.5) is 4.79 Å². The van der Waals surface area contributed by atoms with Crippen LogP contribution in [0.25, 0.3) is 0 Å². The van der Waals surface area contributed by atoms with Crippen molar-refractivity contribution in [1.29, 1.82) is 0 Å². The van der Waals surface area contributed by atoms with Crippen LogP contribution in [-0.2, 0) is 14.8 Å². The third-order valence-electron chi connectivity index (χ3n) is 3.52. The Morgan fingerprint density at radius 1 is 1.24 bits per heavy atom. The lowest BCUT2D eigenvalue weighted by Gasteiger charge is -2.18. The lowest BCUT2D eigenvalue weighted by Crippen LogP contribution is -2.51. The maximum Gasteiger partial charge on any atom is 0.329 e. The average Bonchev–Trinajstić information content (AvgIpc) is 2.51. The molecule has 3 N–H and O–H groups in total. The molecule has 0 spiro atoms. The van der Waals surface area contributed by atoms with Crippen LogP contribution in [-0.4, -0.2) is 32.9 Å². The second-order valence-corrected chi connectivity index (χ2v) is 8.04. The fourth-order valence-corrected chi connectivity index (χ4v) is 4.51. The van der Waals surface area contributed by atoms with E-state index in [1.165, 1.54) is 0 Å². The van der Waals surface area contributed by atoms with Gasteiger partial charge in [-0.05, 0) is 47.3 Å². The molecule has 1 rings (SSSR count). The molecule has 1 aromatic rings. The van der Waals surface area contributed by atoms with Gasteiger partial charge in [0.25, 0.3) is 10.0 Å². The number of carbonyl (C=O) groups is 2. The number of sulfonamides is 1. The quantitative estimate of drug-likeness (QED) is 0.547. The Morgan fingerprint density at radius 3 is 2.48 bits per heavy atom. The molecule has 1 atom stereocenters. The zero-order valence-electron chi connectivity index (χ0n) is 14.6. The number of hydrogen-bond acceptors (Lipinski definition) is 4. The molecule has 0 unspecified atom stereocenters. The molecule has 0 aliphatic heterocycles. The van der Waals surface area contributed by atoms with Gasteiger partial charge in [0, 0.05) is 11.0 Å². The van der Waals surface area contributed by atoms with Gasteiger partial charge in [0.05, 0.1) is 0 Å². The number of hydrogen-bond donors (Lipinski definition) is 3. The summed E-state index contributed by atoms with van der Waals surface area (Å²) < 4.78 is 27.2. The Morgan fingerprint density at radius 2 is 1.92 bits per heavy atom. The minimum Gasteiger partial charge on any atom is -0.354 e. The molecule has 0 heterocycles. The number of benzene rings is 1. The van der Waals surface area contributed by atoms with E-state index in [4.69, 9.17) is 0 Å². The summed E-state index contributed by atoms with van der Waals surface area (Å²) in [6.45, 7) is 5.89. The minimum absolute atomic E-state index is 0.00871. The first-order chi connectivity index (χ1) is 11.7. The third-order valence-corrected chi connectivity index (χ3v) is 5.98. The predicted molar refractivity (Wildman–Crippen MR) is 99.7 cm³/mol. The highest BCUT2D eigenvalue weighted by atomic mass is 79.9. The molecule has 0 radical (unpaired) electrons. The number of halogens is 1. The van der Waals surface area contributed by atoms with Gasteiger partial charge >= 0.3 is 6.03 Å². The van der Waals surface area contributed by atoms with E-state index in [-0.39, 0.29) is 10.8 Å². The smallest absolute Gasteiger partial charge is 0.329 e. The van der Waals surface area contributed by atoms with Crippen molar-refractivity contribution in [2.45, 2.75) is 51.0 Å². The number of aryl methyl sites for hydroxylation is 1. The number of nitrogens with one attached hydrogen (secondary N) is 3. The molecule has 0 fully saturated rings. The molecule has 7 nitrogen and oxygen atoms in total. The highest BCUT2D eigenvalue weighted by Gasteiger charge is 2.25. The molecular formula is C16H24BrN3O4S. The van der Waals surface area contributed by atoms with Crippen LogP contribution in [0.2, 0.25) is 0 Å². The first kappa shape index (κ1) is 21.4. The molecule has 9 heteroatoms. The van der Waals surface area contributed by atoms with Crippen molar-refractivity contribution in [3.8, 4) is 0 Å². The number of urea groups is 1. The molecule has 0 bridgehead atoms. The van der Waals surface area contributed by atoms with E-state index >= 15 is 0 Å². The largest absolute Gasteiger partial charge is 0.354 e. The summed E-state index contributed by atoms with van der Waals surface area (Å²) in [7, 11) is -4.06. The molecule has 140 valence electrons. The topological polar surface area (TPSA) is 104 Å². The molecule has 0 saturated heterocycles. The van der Waals surface area contributed by atoms with E-state index in [0.717, 1.165) is 12.8 Å². The van der Waals surface area contributed by atoms with E-state index < -0.39 is 22.1 Å². The van der Waals surface area contributed by atoms with Crippen molar-refractivity contribution in [1.82, 2.24) is 15.4 Å². The second kappa shape index (κ2) is 9.76. The zero-order valence-corrected chi connectivity index (χ0v) is 17.0. The van der Waals surface area contributed by atoms with Gasteiger partial charge in [-0.25, -0.2) is 17.9 Å². The fourth-order valence-electron chi connectivity index (χ4n) is 2.18. The third kappa shape index (κ3) is 6.32. The number of amides is 3. The monoisotopic (exact) mass is 433 g/mol. The Bertz CT molecular complexity index is 702. The van der Waals surface area contributed by atoms with Crippen molar-refractivity contribution in [3.63, 3.8) is 0 Å². The summed E-state index contributed by atoms with van der Waals surface area (Å²) in [5.74, 6) is -0.333. The SMILES string of the molecule is CCCCNC(=O)[C@@H](CC)NC(=O)NS(=O)(=O)c1c(C)cccc1Br. The maximum absolute atomic E-state index is 12.4. The minimum atomic E-state index is -4.06. The van der Waals surface area contributed by atoms with Gasteiger partial charge in [0.2, 0.25) is 5.91 Å². The second-order valence-electron chi connectivity index (χ2n) is 5.57. The lowest BCUT2D eigenvalue weighted by atomic mass is 10.2. The van der Waals surface area contributed by atoms with Crippen molar-refractivity contribution < 1.29 is 18.0 Å². The Kier molecular flexibility index (Phi) is 8.37. The molecule has 0 saturated carbocycles. The number of unbranched alkanes of at least 4 members (excludes halogenated alkanes) is 1. The van der Waals surface area contributed by atoms with Crippen LogP contribution in [0.1, 0.15) is 38.7 Å². The summed E-state index contributed by atoms with van der Waals surface area (Å²) in [4.78, 5) is 24.1. The molecule has 1 aromatic carbocycles. The fraction of sp³-hybridized carbons (Fsp3) is 0.500. The molecule has 0 aliphatic carbocycles. The van der Waals surface area contributed by atoms with E-state index in [2.05, 4.69) is 26.6 Å². The van der Waals surface area contributed by atoms with E-state index in [1.54, 1.807) is 32.0 Å². The average molecular weight is 434 g/mol. The number of carbonyl (C=O) groups excluding carboxylic acids is 2. The summed E-state index contributed by atoms with van der Waals surface area (Å²) in [5, 5.41) is 5.12. The van der Waals surface area contributed by atoms with Gasteiger partial charge in [0.1, 0.15) is 10.9 Å². The van der Waals surface area contributed by atoms with Gasteiger partial charge in [-0.3, -0.25) is 4.79 Å². The molecule has 3 amide bonds. The van der Waals surface area contributed by atoms with Gasteiger partial charge in [0.15, 0.2) is 0 Å². The molecule has 0 aromatic heterocycles.